The van der Waals surface area contributed by atoms with E-state index in [0.29, 0.717) is 42.1 Å². The Morgan fingerprint density at radius 1 is 1.15 bits per heavy atom. The number of carbonyl (C=O) groups excluding carboxylic acids is 1. The molecular formula is C37H47NO3. The van der Waals surface area contributed by atoms with Gasteiger partial charge in [0.2, 0.25) is 5.88 Å². The van der Waals surface area contributed by atoms with E-state index in [1.54, 1.807) is 6.92 Å². The van der Waals surface area contributed by atoms with Crippen LogP contribution < -0.4 is 4.74 Å². The first-order valence-corrected chi connectivity index (χ1v) is 15.0. The van der Waals surface area contributed by atoms with Gasteiger partial charge in [-0.3, -0.25) is 4.79 Å². The normalized spacial score (nSPS) is 19.9. The number of hydrogen-bond donors (Lipinski definition) is 0. The van der Waals surface area contributed by atoms with E-state index < -0.39 is 0 Å². The van der Waals surface area contributed by atoms with Crippen molar-refractivity contribution in [3.63, 3.8) is 0 Å². The fraction of sp³-hybridized carbons (Fsp3) is 0.459. The maximum Gasteiger partial charge on any atom is 0.213 e. The van der Waals surface area contributed by atoms with Crippen LogP contribution in [0.4, 0.5) is 0 Å². The molecule has 4 nitrogen and oxygen atoms in total. The number of aromatic nitrogens is 1. The number of rotatable bonds is 14. The second kappa shape index (κ2) is 13.2. The summed E-state index contributed by atoms with van der Waals surface area (Å²) >= 11 is 0. The number of fused-ring (bicyclic) bond motifs is 3. The van der Waals surface area contributed by atoms with Crippen LogP contribution in [0.3, 0.4) is 0 Å². The highest BCUT2D eigenvalue weighted by Crippen LogP contribution is 2.61. The molecule has 2 aromatic rings. The molecule has 0 N–H and O–H groups in total. The third kappa shape index (κ3) is 7.95. The van der Waals surface area contributed by atoms with Gasteiger partial charge in [0.15, 0.2) is 0 Å². The zero-order valence-corrected chi connectivity index (χ0v) is 25.9. The summed E-state index contributed by atoms with van der Waals surface area (Å²) in [6.45, 7) is 22.9. The van der Waals surface area contributed by atoms with Crippen molar-refractivity contribution in [1.29, 1.82) is 0 Å². The molecule has 1 aromatic carbocycles. The van der Waals surface area contributed by atoms with Crippen molar-refractivity contribution in [2.45, 2.75) is 73.1 Å². The van der Waals surface area contributed by atoms with Crippen LogP contribution >= 0.6 is 0 Å². The van der Waals surface area contributed by atoms with E-state index in [2.05, 4.69) is 89.2 Å². The Bertz CT molecular complexity index is 1360. The maximum absolute atomic E-state index is 11.8. The van der Waals surface area contributed by atoms with Gasteiger partial charge in [-0.05, 0) is 102 Å². The van der Waals surface area contributed by atoms with Gasteiger partial charge in [0, 0.05) is 31.2 Å². The largest absolute Gasteiger partial charge is 0.477 e. The SMILES string of the molecule is C=CC(=C)C(=CC=C(C)COCCCC(C)(C)C)c1ccc(C)c(CCOc2cc3c(cn2)C2C(C3)C2C(C)=O)c1. The minimum Gasteiger partial charge on any atom is -0.477 e. The van der Waals surface area contributed by atoms with Gasteiger partial charge < -0.3 is 9.47 Å². The van der Waals surface area contributed by atoms with Gasteiger partial charge in [0.1, 0.15) is 5.78 Å². The molecule has 1 fully saturated rings. The predicted octanol–water partition coefficient (Wildman–Crippen LogP) is 8.40. The molecule has 0 bridgehead atoms. The molecule has 0 aliphatic heterocycles. The van der Waals surface area contributed by atoms with E-state index in [-0.39, 0.29) is 5.92 Å². The molecule has 3 atom stereocenters. The molecular weight excluding hydrogens is 506 g/mol. The van der Waals surface area contributed by atoms with Crippen LogP contribution in [-0.2, 0) is 22.4 Å². The van der Waals surface area contributed by atoms with Crippen molar-refractivity contribution in [1.82, 2.24) is 4.98 Å². The summed E-state index contributed by atoms with van der Waals surface area (Å²) < 4.78 is 12.0. The Labute approximate surface area is 247 Å². The van der Waals surface area contributed by atoms with Crippen LogP contribution in [0.5, 0.6) is 5.88 Å². The molecule has 1 heterocycles. The lowest BCUT2D eigenvalue weighted by molar-refractivity contribution is -0.118. The molecule has 1 saturated carbocycles. The first-order valence-electron chi connectivity index (χ1n) is 15.0. The zero-order valence-electron chi connectivity index (χ0n) is 25.9. The highest BCUT2D eigenvalue weighted by Gasteiger charge is 2.58. The Balaban J connectivity index is 1.36. The summed E-state index contributed by atoms with van der Waals surface area (Å²) in [4.78, 5) is 16.4. The molecule has 0 saturated heterocycles. The number of pyridine rings is 1. The number of Topliss-reactive ketones (excluding diaryl/α,β-unsaturated/α-hetero) is 1. The second-order valence-corrected chi connectivity index (χ2v) is 13.0. The molecule has 218 valence electrons. The van der Waals surface area contributed by atoms with Crippen molar-refractivity contribution in [3.05, 3.63) is 101 Å². The Hall–Kier alpha value is -3.24. The van der Waals surface area contributed by atoms with Gasteiger partial charge in [-0.2, -0.15) is 0 Å². The van der Waals surface area contributed by atoms with Crippen molar-refractivity contribution in [3.8, 4) is 5.88 Å². The topological polar surface area (TPSA) is 48.4 Å². The van der Waals surface area contributed by atoms with Crippen molar-refractivity contribution >= 4 is 11.4 Å². The fourth-order valence-electron chi connectivity index (χ4n) is 5.99. The van der Waals surface area contributed by atoms with Crippen LogP contribution in [-0.4, -0.2) is 30.6 Å². The number of carbonyl (C=O) groups is 1. The number of ketones is 1. The molecule has 0 radical (unpaired) electrons. The predicted molar refractivity (Wildman–Crippen MR) is 169 cm³/mol. The molecule has 0 spiro atoms. The maximum atomic E-state index is 11.8. The standard InChI is InChI=1S/C37H47NO3/c1-9-25(3)31(14-11-24(2)23-40-17-10-16-37(6,7)8)29-13-12-26(4)28(19-29)15-18-41-34-21-30-20-32-35(27(5)39)36(32)33(30)22-38-34/h9,11-14,19,21-22,32,35-36H,1,3,10,15-18,20,23H2,2,4-8H3. The third-order valence-corrected chi connectivity index (χ3v) is 8.41. The first-order chi connectivity index (χ1) is 19.5. The van der Waals surface area contributed by atoms with Gasteiger partial charge in [-0.15, -0.1) is 0 Å². The molecule has 4 heteroatoms. The summed E-state index contributed by atoms with van der Waals surface area (Å²) in [6, 6.07) is 8.61. The van der Waals surface area contributed by atoms with E-state index in [0.717, 1.165) is 49.0 Å². The smallest absolute Gasteiger partial charge is 0.213 e. The lowest BCUT2D eigenvalue weighted by atomic mass is 9.91. The van der Waals surface area contributed by atoms with Crippen molar-refractivity contribution in [2.24, 2.45) is 17.3 Å². The number of allylic oxidation sites excluding steroid dienone is 5. The van der Waals surface area contributed by atoms with Gasteiger partial charge in [0.05, 0.1) is 13.2 Å². The van der Waals surface area contributed by atoms with Crippen LogP contribution in [0.2, 0.25) is 0 Å². The van der Waals surface area contributed by atoms with E-state index in [4.69, 9.17) is 9.47 Å². The van der Waals surface area contributed by atoms with Crippen molar-refractivity contribution < 1.29 is 14.3 Å². The quantitative estimate of drug-likeness (QED) is 0.174. The number of aryl methyl sites for hydroxylation is 1. The lowest BCUT2D eigenvalue weighted by Gasteiger charge is -2.17. The van der Waals surface area contributed by atoms with E-state index in [1.165, 1.54) is 27.8 Å². The molecule has 2 aliphatic carbocycles. The summed E-state index contributed by atoms with van der Waals surface area (Å²) in [5.74, 6) is 2.04. The molecule has 41 heavy (non-hydrogen) atoms. The fourth-order valence-corrected chi connectivity index (χ4v) is 5.99. The van der Waals surface area contributed by atoms with Gasteiger partial charge in [-0.1, -0.05) is 70.4 Å². The minimum absolute atomic E-state index is 0.207. The van der Waals surface area contributed by atoms with E-state index in [9.17, 15) is 4.79 Å². The Morgan fingerprint density at radius 2 is 1.93 bits per heavy atom. The van der Waals surface area contributed by atoms with Gasteiger partial charge in [-0.25, -0.2) is 4.98 Å². The number of benzene rings is 1. The average molecular weight is 554 g/mol. The average Bonchev–Trinajstić information content (AvgIpc) is 3.51. The zero-order chi connectivity index (χ0) is 29.7. The summed E-state index contributed by atoms with van der Waals surface area (Å²) in [5.41, 5.74) is 9.56. The van der Waals surface area contributed by atoms with E-state index >= 15 is 0 Å². The highest BCUT2D eigenvalue weighted by molar-refractivity contribution is 5.84. The number of hydrogen-bond acceptors (Lipinski definition) is 4. The molecule has 0 amide bonds. The Kier molecular flexibility index (Phi) is 9.86. The van der Waals surface area contributed by atoms with Crippen LogP contribution in [0.25, 0.3) is 5.57 Å². The molecule has 1 aromatic heterocycles. The second-order valence-electron chi connectivity index (χ2n) is 13.0. The Morgan fingerprint density at radius 3 is 2.63 bits per heavy atom. The third-order valence-electron chi connectivity index (χ3n) is 8.41. The van der Waals surface area contributed by atoms with Crippen LogP contribution in [0.1, 0.15) is 81.2 Å². The monoisotopic (exact) mass is 553 g/mol. The molecule has 3 unspecified atom stereocenters. The van der Waals surface area contributed by atoms with Crippen LogP contribution in [0, 0.1) is 24.2 Å². The summed E-state index contributed by atoms with van der Waals surface area (Å²) in [5, 5.41) is 0. The van der Waals surface area contributed by atoms with Gasteiger partial charge in [0.25, 0.3) is 0 Å². The van der Waals surface area contributed by atoms with Crippen molar-refractivity contribution in [2.75, 3.05) is 19.8 Å². The first kappa shape index (κ1) is 30.7. The van der Waals surface area contributed by atoms with E-state index in [1.807, 2.05) is 12.3 Å². The minimum atomic E-state index is 0.207. The number of ether oxygens (including phenoxy) is 2. The highest BCUT2D eigenvalue weighted by atomic mass is 16.5. The number of nitrogens with zero attached hydrogens (tertiary/aromatic N) is 1. The lowest BCUT2D eigenvalue weighted by Crippen LogP contribution is -2.07. The summed E-state index contributed by atoms with van der Waals surface area (Å²) in [6.07, 6.45) is 12.0. The molecule has 2 aliphatic rings. The van der Waals surface area contributed by atoms with Gasteiger partial charge >= 0.3 is 0 Å². The molecule has 4 rings (SSSR count). The summed E-state index contributed by atoms with van der Waals surface area (Å²) in [7, 11) is 0. The van der Waals surface area contributed by atoms with Crippen LogP contribution in [0.15, 0.2) is 73.0 Å².